The average Bonchev–Trinajstić information content (AvgIpc) is 3.43. The Morgan fingerprint density at radius 1 is 0.971 bits per heavy atom. The van der Waals surface area contributed by atoms with Crippen LogP contribution in [0.5, 0.6) is 5.75 Å². The lowest BCUT2D eigenvalue weighted by Crippen LogP contribution is -2.09. The third-order valence-electron chi connectivity index (χ3n) is 5.57. The Balaban J connectivity index is 1.64. The van der Waals surface area contributed by atoms with Gasteiger partial charge in [0.1, 0.15) is 17.2 Å². The van der Waals surface area contributed by atoms with Crippen LogP contribution in [0.3, 0.4) is 0 Å². The third-order valence-corrected chi connectivity index (χ3v) is 6.18. The van der Waals surface area contributed by atoms with Gasteiger partial charge >= 0.3 is 0 Å². The molecule has 3 heterocycles. The van der Waals surface area contributed by atoms with Crippen molar-refractivity contribution in [3.8, 4) is 39.3 Å². The number of aryl methyl sites for hydroxylation is 1. The molecule has 0 aliphatic rings. The first-order chi connectivity index (χ1) is 16.7. The molecule has 0 amide bonds. The van der Waals surface area contributed by atoms with E-state index in [-0.39, 0.29) is 0 Å². The molecular weight excluding hydrogens is 469 g/mol. The van der Waals surface area contributed by atoms with E-state index < -0.39 is 15.8 Å². The van der Waals surface area contributed by atoms with Gasteiger partial charge in [0.25, 0.3) is 0 Å². The van der Waals surface area contributed by atoms with E-state index in [0.717, 1.165) is 23.1 Å². The van der Waals surface area contributed by atoms with E-state index in [1.807, 2.05) is 36.0 Å². The molecule has 0 unspecified atom stereocenters. The number of anilines is 1. The van der Waals surface area contributed by atoms with Crippen LogP contribution >= 0.6 is 0 Å². The number of hydrogen-bond acceptors (Lipinski definition) is 5. The van der Waals surface area contributed by atoms with E-state index in [1.54, 1.807) is 47.4 Å². The summed E-state index contributed by atoms with van der Waals surface area (Å²) >= 11 is 0. The molecule has 0 fully saturated rings. The zero-order valence-electron chi connectivity index (χ0n) is 19.2. The van der Waals surface area contributed by atoms with Gasteiger partial charge in [-0.3, -0.25) is 13.8 Å². The Kier molecular flexibility index (Phi) is 5.52. The van der Waals surface area contributed by atoms with Crippen molar-refractivity contribution in [2.45, 2.75) is 0 Å². The zero-order chi connectivity index (χ0) is 24.7. The van der Waals surface area contributed by atoms with Crippen molar-refractivity contribution in [1.82, 2.24) is 19.2 Å². The van der Waals surface area contributed by atoms with Gasteiger partial charge in [-0.25, -0.2) is 17.8 Å². The molecule has 5 aromatic rings. The number of nitrogens with one attached hydrogen (secondary N) is 1. The molecule has 0 aliphatic heterocycles. The minimum Gasteiger partial charge on any atom is -0.497 e. The second-order valence-corrected chi connectivity index (χ2v) is 9.96. The number of rotatable bonds is 6. The molecule has 3 aromatic heterocycles. The molecule has 1 N–H and O–H groups in total. The summed E-state index contributed by atoms with van der Waals surface area (Å²) in [6.07, 6.45) is 8.37. The summed E-state index contributed by atoms with van der Waals surface area (Å²) in [4.78, 5) is 4.54. The molecule has 35 heavy (non-hydrogen) atoms. The first-order valence-electron chi connectivity index (χ1n) is 10.6. The average molecular weight is 492 g/mol. The number of ether oxygens (including phenoxy) is 1. The van der Waals surface area contributed by atoms with Crippen molar-refractivity contribution in [2.24, 2.45) is 7.05 Å². The fraction of sp³-hybridized carbons (Fsp3) is 0.120. The monoisotopic (exact) mass is 491 g/mol. The molecule has 2 aromatic carbocycles. The maximum absolute atomic E-state index is 14.9. The van der Waals surface area contributed by atoms with Gasteiger partial charge in [0.15, 0.2) is 0 Å². The first-order valence-corrected chi connectivity index (χ1v) is 12.5. The van der Waals surface area contributed by atoms with Crippen molar-refractivity contribution in [3.63, 3.8) is 0 Å². The SMILES string of the molecule is COc1ccc(-c2cc(NS(C)(=O)=O)cc(-c3cnc4cc(-c5cnn(C)c5)ccn34)c2)c(F)c1. The fourth-order valence-electron chi connectivity index (χ4n) is 4.00. The van der Waals surface area contributed by atoms with Crippen molar-refractivity contribution >= 4 is 21.4 Å². The number of halogens is 1. The van der Waals surface area contributed by atoms with Crippen LogP contribution in [0.25, 0.3) is 39.2 Å². The Bertz CT molecular complexity index is 1670. The van der Waals surface area contributed by atoms with Crippen LogP contribution in [0.1, 0.15) is 0 Å². The molecule has 178 valence electrons. The number of nitrogens with zero attached hydrogens (tertiary/aromatic N) is 4. The van der Waals surface area contributed by atoms with Gasteiger partial charge in [-0.05, 0) is 53.6 Å². The summed E-state index contributed by atoms with van der Waals surface area (Å²) in [5.74, 6) is -0.0887. The van der Waals surface area contributed by atoms with Gasteiger partial charge in [-0.2, -0.15) is 5.10 Å². The molecule has 0 aliphatic carbocycles. The highest BCUT2D eigenvalue weighted by Crippen LogP contribution is 2.34. The van der Waals surface area contributed by atoms with Crippen molar-refractivity contribution in [2.75, 3.05) is 18.1 Å². The predicted molar refractivity (Wildman–Crippen MR) is 133 cm³/mol. The smallest absolute Gasteiger partial charge is 0.229 e. The molecule has 0 radical (unpaired) electrons. The number of aromatic nitrogens is 4. The Labute approximate surface area is 201 Å². The third kappa shape index (κ3) is 4.60. The lowest BCUT2D eigenvalue weighted by Gasteiger charge is -2.12. The molecule has 10 heteroatoms. The topological polar surface area (TPSA) is 90.5 Å². The maximum Gasteiger partial charge on any atom is 0.229 e. The lowest BCUT2D eigenvalue weighted by molar-refractivity contribution is 0.411. The maximum atomic E-state index is 14.9. The van der Waals surface area contributed by atoms with Crippen LogP contribution in [0.2, 0.25) is 0 Å². The molecule has 0 saturated heterocycles. The summed E-state index contributed by atoms with van der Waals surface area (Å²) in [5, 5.41) is 4.22. The van der Waals surface area contributed by atoms with E-state index in [2.05, 4.69) is 14.8 Å². The zero-order valence-corrected chi connectivity index (χ0v) is 20.0. The van der Waals surface area contributed by atoms with Crippen LogP contribution in [-0.4, -0.2) is 40.9 Å². The minimum absolute atomic E-state index is 0.317. The number of benzene rings is 2. The molecule has 5 rings (SSSR count). The molecule has 0 saturated carbocycles. The van der Waals surface area contributed by atoms with Gasteiger partial charge in [0.05, 0.1) is 31.5 Å². The van der Waals surface area contributed by atoms with Crippen LogP contribution in [0.4, 0.5) is 10.1 Å². The van der Waals surface area contributed by atoms with Crippen molar-refractivity contribution in [3.05, 3.63) is 79.1 Å². The summed E-state index contributed by atoms with van der Waals surface area (Å²) in [5.41, 5.74) is 5.19. The van der Waals surface area contributed by atoms with E-state index in [4.69, 9.17) is 4.74 Å². The number of hydrogen-bond donors (Lipinski definition) is 1. The quantitative estimate of drug-likeness (QED) is 0.375. The summed E-state index contributed by atoms with van der Waals surface area (Å²) in [7, 11) is -0.230. The molecule has 0 atom stereocenters. The largest absolute Gasteiger partial charge is 0.497 e. The number of pyridine rings is 1. The van der Waals surface area contributed by atoms with Crippen LogP contribution in [0.15, 0.2) is 73.3 Å². The van der Waals surface area contributed by atoms with E-state index in [1.165, 1.54) is 13.2 Å². The Morgan fingerprint density at radius 3 is 2.46 bits per heavy atom. The highest BCUT2D eigenvalue weighted by Gasteiger charge is 2.15. The first kappa shape index (κ1) is 22.6. The highest BCUT2D eigenvalue weighted by atomic mass is 32.2. The van der Waals surface area contributed by atoms with Gasteiger partial charge in [-0.1, -0.05) is 0 Å². The highest BCUT2D eigenvalue weighted by molar-refractivity contribution is 7.92. The normalized spacial score (nSPS) is 11.7. The molecule has 0 spiro atoms. The Morgan fingerprint density at radius 2 is 1.77 bits per heavy atom. The van der Waals surface area contributed by atoms with Gasteiger partial charge in [0, 0.05) is 47.9 Å². The van der Waals surface area contributed by atoms with Crippen LogP contribution < -0.4 is 9.46 Å². The van der Waals surface area contributed by atoms with E-state index >= 15 is 0 Å². The van der Waals surface area contributed by atoms with Crippen LogP contribution in [0, 0.1) is 5.82 Å². The number of methoxy groups -OCH3 is 1. The summed E-state index contributed by atoms with van der Waals surface area (Å²) in [6, 6.07) is 13.6. The van der Waals surface area contributed by atoms with E-state index in [9.17, 15) is 12.8 Å². The fourth-order valence-corrected chi connectivity index (χ4v) is 4.55. The summed E-state index contributed by atoms with van der Waals surface area (Å²) < 4.78 is 50.0. The van der Waals surface area contributed by atoms with Crippen molar-refractivity contribution < 1.29 is 17.5 Å². The van der Waals surface area contributed by atoms with E-state index in [0.29, 0.717) is 33.8 Å². The van der Waals surface area contributed by atoms with Gasteiger partial charge in [-0.15, -0.1) is 0 Å². The second kappa shape index (κ2) is 8.55. The minimum atomic E-state index is -3.55. The lowest BCUT2D eigenvalue weighted by atomic mass is 10.00. The molecular formula is C25H22FN5O3S. The van der Waals surface area contributed by atoms with Gasteiger partial charge < -0.3 is 4.74 Å². The predicted octanol–water partition coefficient (Wildman–Crippen LogP) is 4.59. The van der Waals surface area contributed by atoms with Gasteiger partial charge in [0.2, 0.25) is 10.0 Å². The Hall–Kier alpha value is -4.18. The van der Waals surface area contributed by atoms with Crippen LogP contribution in [-0.2, 0) is 17.1 Å². The number of sulfonamides is 1. The molecule has 8 nitrogen and oxygen atoms in total. The molecule has 0 bridgehead atoms. The number of imidazole rings is 1. The standard InChI is InChI=1S/C25H22FN5O3S/c1-30-15-19(13-28-30)16-6-7-31-24(14-27-25(31)11-16)18-8-17(9-20(10-18)29-35(3,32)33)22-5-4-21(34-2)12-23(22)26/h4-15,29H,1-3H3. The van der Waals surface area contributed by atoms with Crippen molar-refractivity contribution in [1.29, 1.82) is 0 Å². The second-order valence-electron chi connectivity index (χ2n) is 8.21. The number of fused-ring (bicyclic) bond motifs is 1. The summed E-state index contributed by atoms with van der Waals surface area (Å²) in [6.45, 7) is 0.